The Bertz CT molecular complexity index is 809. The number of amides is 1. The highest BCUT2D eigenvalue weighted by atomic mass is 19.4. The average Bonchev–Trinajstić information content (AvgIpc) is 2.96. The smallest absolute Gasteiger partial charge is 0.416 e. The van der Waals surface area contributed by atoms with Gasteiger partial charge in [0.15, 0.2) is 0 Å². The zero-order chi connectivity index (χ0) is 17.6. The predicted octanol–water partition coefficient (Wildman–Crippen LogP) is 3.43. The van der Waals surface area contributed by atoms with Gasteiger partial charge in [0, 0.05) is 24.5 Å². The summed E-state index contributed by atoms with van der Waals surface area (Å²) in [5.74, 6) is -1.77. The van der Waals surface area contributed by atoms with Crippen LogP contribution in [-0.4, -0.2) is 28.1 Å². The maximum Gasteiger partial charge on any atom is 0.416 e. The molecule has 0 spiro atoms. The highest BCUT2D eigenvalue weighted by molar-refractivity contribution is 6.11. The van der Waals surface area contributed by atoms with E-state index in [2.05, 4.69) is 0 Å². The largest absolute Gasteiger partial charge is 0.478 e. The normalized spacial score (nSPS) is 17.8. The number of aromatic nitrogens is 1. The molecule has 8 heteroatoms. The van der Waals surface area contributed by atoms with Crippen LogP contribution in [0.25, 0.3) is 0 Å². The molecule has 2 aromatic rings. The van der Waals surface area contributed by atoms with Crippen LogP contribution in [0.4, 0.5) is 18.9 Å². The zero-order valence-corrected chi connectivity index (χ0v) is 12.5. The predicted molar refractivity (Wildman–Crippen MR) is 79.2 cm³/mol. The number of hydrogen-bond acceptors (Lipinski definition) is 2. The molecule has 3 rings (SSSR count). The fourth-order valence-electron chi connectivity index (χ4n) is 2.83. The molecule has 0 saturated heterocycles. The molecule has 126 valence electrons. The number of carbonyl (C=O) groups is 2. The number of carboxylic acids is 1. The third-order valence-corrected chi connectivity index (χ3v) is 4.02. The van der Waals surface area contributed by atoms with Gasteiger partial charge >= 0.3 is 12.1 Å². The maximum atomic E-state index is 12.7. The molecule has 1 unspecified atom stereocenters. The first kappa shape index (κ1) is 16.1. The lowest BCUT2D eigenvalue weighted by Gasteiger charge is -2.33. The monoisotopic (exact) mass is 338 g/mol. The Morgan fingerprint density at radius 3 is 2.38 bits per heavy atom. The number of anilines is 1. The van der Waals surface area contributed by atoms with Crippen LogP contribution in [0.15, 0.2) is 36.5 Å². The fraction of sp³-hybridized carbons (Fsp3) is 0.250. The molecule has 1 aliphatic heterocycles. The summed E-state index contributed by atoms with van der Waals surface area (Å²) in [5.41, 5.74) is -0.605. The van der Waals surface area contributed by atoms with Crippen LogP contribution in [0, 0.1) is 0 Å². The summed E-state index contributed by atoms with van der Waals surface area (Å²) in [6, 6.07) is 5.38. The van der Waals surface area contributed by atoms with Gasteiger partial charge in [0.25, 0.3) is 5.91 Å². The number of hydrogen-bond donors (Lipinski definition) is 1. The molecule has 1 N–H and O–H groups in total. The highest BCUT2D eigenvalue weighted by Gasteiger charge is 2.35. The van der Waals surface area contributed by atoms with E-state index in [4.69, 9.17) is 0 Å². The molecule has 5 nitrogen and oxygen atoms in total. The first-order chi connectivity index (χ1) is 11.2. The van der Waals surface area contributed by atoms with Crippen molar-refractivity contribution in [1.29, 1.82) is 0 Å². The quantitative estimate of drug-likeness (QED) is 0.912. The number of aromatic carboxylic acids is 1. The first-order valence-corrected chi connectivity index (χ1v) is 7.13. The molecule has 0 saturated carbocycles. The van der Waals surface area contributed by atoms with E-state index >= 15 is 0 Å². The van der Waals surface area contributed by atoms with Gasteiger partial charge in [-0.1, -0.05) is 0 Å². The number of rotatable bonds is 2. The molecular weight excluding hydrogens is 325 g/mol. The minimum absolute atomic E-state index is 0.0288. The highest BCUT2D eigenvalue weighted by Crippen LogP contribution is 2.33. The number of carbonyl (C=O) groups excluding carboxylic acids is 1. The summed E-state index contributed by atoms with van der Waals surface area (Å²) >= 11 is 0. The second-order valence-corrected chi connectivity index (χ2v) is 5.60. The number of alkyl halides is 3. The summed E-state index contributed by atoms with van der Waals surface area (Å²) in [4.78, 5) is 25.2. The van der Waals surface area contributed by atoms with Crippen molar-refractivity contribution in [2.24, 2.45) is 0 Å². The molecule has 0 aliphatic carbocycles. The van der Waals surface area contributed by atoms with E-state index in [-0.39, 0.29) is 23.8 Å². The van der Waals surface area contributed by atoms with E-state index in [1.54, 1.807) is 11.5 Å². The van der Waals surface area contributed by atoms with E-state index in [0.29, 0.717) is 5.69 Å². The molecule has 2 heterocycles. The lowest BCUT2D eigenvalue weighted by Crippen LogP contribution is -2.42. The van der Waals surface area contributed by atoms with Crippen molar-refractivity contribution in [3.63, 3.8) is 0 Å². The molecule has 0 bridgehead atoms. The summed E-state index contributed by atoms with van der Waals surface area (Å²) < 4.78 is 39.5. The van der Waals surface area contributed by atoms with Crippen molar-refractivity contribution in [3.05, 3.63) is 53.3 Å². The van der Waals surface area contributed by atoms with Crippen LogP contribution < -0.4 is 4.90 Å². The lowest BCUT2D eigenvalue weighted by atomic mass is 10.1. The third-order valence-electron chi connectivity index (χ3n) is 4.02. The van der Waals surface area contributed by atoms with Crippen LogP contribution in [0.2, 0.25) is 0 Å². The van der Waals surface area contributed by atoms with E-state index in [1.807, 2.05) is 0 Å². The number of halogens is 3. The molecule has 1 aromatic carbocycles. The third kappa shape index (κ3) is 2.53. The Morgan fingerprint density at radius 1 is 1.21 bits per heavy atom. The maximum absolute atomic E-state index is 12.7. The molecule has 1 aliphatic rings. The molecular formula is C16H13F3N2O3. The van der Waals surface area contributed by atoms with Gasteiger partial charge in [-0.05, 0) is 37.3 Å². The molecule has 24 heavy (non-hydrogen) atoms. The molecule has 1 aromatic heterocycles. The Hall–Kier alpha value is -2.77. The molecule has 0 radical (unpaired) electrons. The first-order valence-electron chi connectivity index (χ1n) is 7.13. The second-order valence-electron chi connectivity index (χ2n) is 5.60. The standard InChI is InChI=1S/C16H13F3N2O3/c1-9-8-21(11-4-2-10(3-5-11)16(17,18)19)14(22)13-12(15(23)24)6-7-20(9)13/h2-7,9H,8H2,1H3,(H,23,24). The van der Waals surface area contributed by atoms with Gasteiger partial charge in [0.05, 0.1) is 11.1 Å². The summed E-state index contributed by atoms with van der Waals surface area (Å²) in [6.45, 7) is 2.05. The van der Waals surface area contributed by atoms with Crippen molar-refractivity contribution in [3.8, 4) is 0 Å². The Kier molecular flexibility index (Phi) is 3.62. The van der Waals surface area contributed by atoms with Crippen LogP contribution in [0.5, 0.6) is 0 Å². The topological polar surface area (TPSA) is 62.5 Å². The van der Waals surface area contributed by atoms with Gasteiger partial charge < -0.3 is 14.6 Å². The van der Waals surface area contributed by atoms with E-state index in [0.717, 1.165) is 12.1 Å². The summed E-state index contributed by atoms with van der Waals surface area (Å²) in [5, 5.41) is 9.21. The minimum atomic E-state index is -4.46. The van der Waals surface area contributed by atoms with Crippen molar-refractivity contribution in [1.82, 2.24) is 4.57 Å². The Balaban J connectivity index is 2.00. The van der Waals surface area contributed by atoms with Crippen LogP contribution in [0.1, 0.15) is 39.4 Å². The average molecular weight is 338 g/mol. The van der Waals surface area contributed by atoms with Gasteiger partial charge in [0.1, 0.15) is 5.69 Å². The van der Waals surface area contributed by atoms with E-state index in [1.165, 1.54) is 29.3 Å². The van der Waals surface area contributed by atoms with Gasteiger partial charge in [-0.15, -0.1) is 0 Å². The molecule has 1 amide bonds. The van der Waals surface area contributed by atoms with Gasteiger partial charge in [-0.3, -0.25) is 4.79 Å². The molecule has 0 fully saturated rings. The van der Waals surface area contributed by atoms with Gasteiger partial charge in [0.2, 0.25) is 0 Å². The van der Waals surface area contributed by atoms with Crippen molar-refractivity contribution in [2.75, 3.05) is 11.4 Å². The molecule has 1 atom stereocenters. The number of fused-ring (bicyclic) bond motifs is 1. The minimum Gasteiger partial charge on any atom is -0.478 e. The van der Waals surface area contributed by atoms with Crippen LogP contribution >= 0.6 is 0 Å². The van der Waals surface area contributed by atoms with E-state index in [9.17, 15) is 27.9 Å². The second kappa shape index (κ2) is 5.40. The Labute approximate surface area is 134 Å². The number of carboxylic acid groups (broad SMARTS) is 1. The zero-order valence-electron chi connectivity index (χ0n) is 12.5. The lowest BCUT2D eigenvalue weighted by molar-refractivity contribution is -0.137. The van der Waals surface area contributed by atoms with Crippen molar-refractivity contribution >= 4 is 17.6 Å². The van der Waals surface area contributed by atoms with E-state index < -0.39 is 23.6 Å². The van der Waals surface area contributed by atoms with Gasteiger partial charge in [-0.2, -0.15) is 13.2 Å². The Morgan fingerprint density at radius 2 is 1.83 bits per heavy atom. The SMILES string of the molecule is CC1CN(c2ccc(C(F)(F)F)cc2)C(=O)c2c(C(=O)O)ccn21. The van der Waals surface area contributed by atoms with Crippen LogP contribution in [0.3, 0.4) is 0 Å². The number of benzene rings is 1. The summed E-state index contributed by atoms with van der Waals surface area (Å²) in [7, 11) is 0. The van der Waals surface area contributed by atoms with Crippen molar-refractivity contribution < 1.29 is 27.9 Å². The fourth-order valence-corrected chi connectivity index (χ4v) is 2.83. The number of nitrogens with zero attached hydrogens (tertiary/aromatic N) is 2. The summed E-state index contributed by atoms with van der Waals surface area (Å²) in [6.07, 6.45) is -2.92. The van der Waals surface area contributed by atoms with Crippen molar-refractivity contribution in [2.45, 2.75) is 19.1 Å². The van der Waals surface area contributed by atoms with Gasteiger partial charge in [-0.25, -0.2) is 4.79 Å². The van der Waals surface area contributed by atoms with Crippen LogP contribution in [-0.2, 0) is 6.18 Å².